The van der Waals surface area contributed by atoms with Crippen molar-refractivity contribution in [3.63, 3.8) is 0 Å². The minimum atomic E-state index is -3.62. The van der Waals surface area contributed by atoms with Gasteiger partial charge in [0.2, 0.25) is 10.0 Å². The highest BCUT2D eigenvalue weighted by molar-refractivity contribution is 7.89. The van der Waals surface area contributed by atoms with Crippen molar-refractivity contribution in [3.05, 3.63) is 59.9 Å². The summed E-state index contributed by atoms with van der Waals surface area (Å²) < 4.78 is 27.4. The lowest BCUT2D eigenvalue weighted by molar-refractivity contribution is 0.0730. The number of likely N-dealkylation sites (tertiary alicyclic amines) is 1. The molecule has 0 radical (unpaired) electrons. The third-order valence-corrected chi connectivity index (χ3v) is 6.63. The maximum atomic E-state index is 13.2. The van der Waals surface area contributed by atoms with Gasteiger partial charge < -0.3 is 9.88 Å². The first-order chi connectivity index (χ1) is 14.0. The number of benzene rings is 2. The maximum Gasteiger partial charge on any atom is 0.254 e. The highest BCUT2D eigenvalue weighted by Crippen LogP contribution is 2.32. The van der Waals surface area contributed by atoms with Gasteiger partial charge in [0.05, 0.1) is 22.0 Å². The van der Waals surface area contributed by atoms with E-state index in [1.54, 1.807) is 17.0 Å². The van der Waals surface area contributed by atoms with Crippen LogP contribution in [0.4, 0.5) is 0 Å². The lowest BCUT2D eigenvalue weighted by Crippen LogP contribution is -2.31. The average Bonchev–Trinajstić information content (AvgIpc) is 3.38. The number of hydrogen-bond donors (Lipinski definition) is 2. The summed E-state index contributed by atoms with van der Waals surface area (Å²) in [5.74, 6) is 0.589. The second kappa shape index (κ2) is 7.96. The molecule has 8 heteroatoms. The second-order valence-corrected chi connectivity index (χ2v) is 8.99. The number of para-hydroxylation sites is 2. The van der Waals surface area contributed by atoms with Crippen molar-refractivity contribution in [2.45, 2.75) is 37.1 Å². The summed E-state index contributed by atoms with van der Waals surface area (Å²) >= 11 is 0. The average molecular weight is 413 g/mol. The normalized spacial score (nSPS) is 17.1. The number of amides is 1. The minimum Gasteiger partial charge on any atom is -0.340 e. The number of fused-ring (bicyclic) bond motifs is 1. The predicted molar refractivity (Wildman–Crippen MR) is 111 cm³/mol. The maximum absolute atomic E-state index is 13.2. The molecule has 29 heavy (non-hydrogen) atoms. The predicted octanol–water partition coefficient (Wildman–Crippen LogP) is 3.23. The van der Waals surface area contributed by atoms with Crippen molar-refractivity contribution in [1.29, 1.82) is 0 Å². The number of nitrogens with zero attached hydrogens (tertiary/aromatic N) is 2. The van der Waals surface area contributed by atoms with Crippen LogP contribution in [-0.4, -0.2) is 42.3 Å². The molecule has 4 rings (SSSR count). The Labute approximate surface area is 170 Å². The largest absolute Gasteiger partial charge is 0.340 e. The van der Waals surface area contributed by atoms with Crippen molar-refractivity contribution < 1.29 is 13.2 Å². The standard InChI is InChI=1S/C21H24N4O3S/c1-2-12-22-29(27,28)16-8-5-7-15(14-16)21(26)25-13-6-11-19(25)20-23-17-9-3-4-10-18(17)24-20/h3-5,7-10,14,19,22H,2,6,11-13H2,1H3,(H,23,24)/t19-/m0/s1. The molecule has 0 bridgehead atoms. The Bertz CT molecular complexity index is 1110. The number of nitrogens with one attached hydrogen (secondary N) is 2. The SMILES string of the molecule is CCCNS(=O)(=O)c1cccc(C(=O)N2CCC[C@H]2c2nc3ccccc3[nH]2)c1. The van der Waals surface area contributed by atoms with Gasteiger partial charge >= 0.3 is 0 Å². The molecular formula is C21H24N4O3S. The monoisotopic (exact) mass is 412 g/mol. The molecule has 1 atom stereocenters. The van der Waals surface area contributed by atoms with Gasteiger partial charge in [-0.05, 0) is 49.6 Å². The van der Waals surface area contributed by atoms with Crippen LogP contribution in [-0.2, 0) is 10.0 Å². The Morgan fingerprint density at radius 2 is 2.07 bits per heavy atom. The van der Waals surface area contributed by atoms with E-state index >= 15 is 0 Å². The topological polar surface area (TPSA) is 95.2 Å². The zero-order valence-corrected chi connectivity index (χ0v) is 17.1. The van der Waals surface area contributed by atoms with Gasteiger partial charge in [-0.3, -0.25) is 4.79 Å². The summed E-state index contributed by atoms with van der Waals surface area (Å²) in [6, 6.07) is 13.9. The molecular weight excluding hydrogens is 388 g/mol. The Balaban J connectivity index is 1.61. The van der Waals surface area contributed by atoms with E-state index in [2.05, 4.69) is 14.7 Å². The first-order valence-electron chi connectivity index (χ1n) is 9.85. The second-order valence-electron chi connectivity index (χ2n) is 7.22. The highest BCUT2D eigenvalue weighted by Gasteiger charge is 2.33. The van der Waals surface area contributed by atoms with Crippen molar-refractivity contribution >= 4 is 27.0 Å². The Hall–Kier alpha value is -2.71. The van der Waals surface area contributed by atoms with E-state index in [-0.39, 0.29) is 16.8 Å². The molecule has 7 nitrogen and oxygen atoms in total. The molecule has 1 saturated heterocycles. The molecule has 0 unspecified atom stereocenters. The van der Waals surface area contributed by atoms with E-state index in [0.29, 0.717) is 25.1 Å². The molecule has 1 amide bonds. The van der Waals surface area contributed by atoms with Crippen molar-refractivity contribution in [3.8, 4) is 0 Å². The number of aromatic nitrogens is 2. The van der Waals surface area contributed by atoms with E-state index < -0.39 is 10.0 Å². The number of H-pyrrole nitrogens is 1. The van der Waals surface area contributed by atoms with Gasteiger partial charge in [0.25, 0.3) is 5.91 Å². The number of hydrogen-bond acceptors (Lipinski definition) is 4. The van der Waals surface area contributed by atoms with E-state index in [1.165, 1.54) is 12.1 Å². The van der Waals surface area contributed by atoms with Crippen LogP contribution in [0.2, 0.25) is 0 Å². The van der Waals surface area contributed by atoms with Gasteiger partial charge in [-0.15, -0.1) is 0 Å². The zero-order chi connectivity index (χ0) is 20.4. The summed E-state index contributed by atoms with van der Waals surface area (Å²) in [4.78, 5) is 23.1. The fourth-order valence-corrected chi connectivity index (χ4v) is 4.89. The molecule has 1 aromatic heterocycles. The number of aromatic amines is 1. The van der Waals surface area contributed by atoms with Crippen LogP contribution in [0, 0.1) is 0 Å². The molecule has 2 N–H and O–H groups in total. The van der Waals surface area contributed by atoms with Gasteiger partial charge in [-0.25, -0.2) is 18.1 Å². The molecule has 1 aliphatic heterocycles. The van der Waals surface area contributed by atoms with Crippen molar-refractivity contribution in [1.82, 2.24) is 19.6 Å². The van der Waals surface area contributed by atoms with Crippen LogP contribution in [0.15, 0.2) is 53.4 Å². The summed E-state index contributed by atoms with van der Waals surface area (Å²) in [5.41, 5.74) is 2.18. The Morgan fingerprint density at radius 1 is 1.24 bits per heavy atom. The molecule has 152 valence electrons. The number of carbonyl (C=O) groups is 1. The van der Waals surface area contributed by atoms with Gasteiger partial charge in [0.15, 0.2) is 0 Å². The molecule has 2 aromatic carbocycles. The van der Waals surface area contributed by atoms with Gasteiger partial charge in [0.1, 0.15) is 5.82 Å². The van der Waals surface area contributed by atoms with Crippen LogP contribution in [0.25, 0.3) is 11.0 Å². The number of imidazole rings is 1. The first-order valence-corrected chi connectivity index (χ1v) is 11.3. The van der Waals surface area contributed by atoms with E-state index in [4.69, 9.17) is 0 Å². The molecule has 0 aliphatic carbocycles. The first kappa shape index (κ1) is 19.6. The lowest BCUT2D eigenvalue weighted by atomic mass is 10.1. The minimum absolute atomic E-state index is 0.108. The van der Waals surface area contributed by atoms with E-state index in [1.807, 2.05) is 31.2 Å². The van der Waals surface area contributed by atoms with Gasteiger partial charge in [0, 0.05) is 18.7 Å². The van der Waals surface area contributed by atoms with Crippen LogP contribution in [0.3, 0.4) is 0 Å². The number of carbonyl (C=O) groups excluding carboxylic acids is 1. The fourth-order valence-electron chi connectivity index (χ4n) is 3.71. The van der Waals surface area contributed by atoms with E-state index in [9.17, 15) is 13.2 Å². The fraction of sp³-hybridized carbons (Fsp3) is 0.333. The lowest BCUT2D eigenvalue weighted by Gasteiger charge is -2.23. The van der Waals surface area contributed by atoms with E-state index in [0.717, 1.165) is 29.7 Å². The molecule has 0 spiro atoms. The Morgan fingerprint density at radius 3 is 2.86 bits per heavy atom. The van der Waals surface area contributed by atoms with Crippen molar-refractivity contribution in [2.75, 3.05) is 13.1 Å². The quantitative estimate of drug-likeness (QED) is 0.650. The third kappa shape index (κ3) is 3.90. The molecule has 0 saturated carbocycles. The van der Waals surface area contributed by atoms with Crippen LogP contribution in [0.1, 0.15) is 48.4 Å². The van der Waals surface area contributed by atoms with Gasteiger partial charge in [-0.1, -0.05) is 25.1 Å². The number of rotatable bonds is 6. The summed E-state index contributed by atoms with van der Waals surface area (Å²) in [6.07, 6.45) is 2.40. The molecule has 3 aromatic rings. The molecule has 1 fully saturated rings. The Kier molecular flexibility index (Phi) is 5.38. The molecule has 1 aliphatic rings. The van der Waals surface area contributed by atoms with Crippen LogP contribution < -0.4 is 4.72 Å². The van der Waals surface area contributed by atoms with Crippen LogP contribution >= 0.6 is 0 Å². The van der Waals surface area contributed by atoms with Gasteiger partial charge in [-0.2, -0.15) is 0 Å². The highest BCUT2D eigenvalue weighted by atomic mass is 32.2. The number of sulfonamides is 1. The molecule has 2 heterocycles. The summed E-state index contributed by atoms with van der Waals surface area (Å²) in [5, 5.41) is 0. The summed E-state index contributed by atoms with van der Waals surface area (Å²) in [7, 11) is -3.62. The zero-order valence-electron chi connectivity index (χ0n) is 16.3. The smallest absolute Gasteiger partial charge is 0.254 e. The van der Waals surface area contributed by atoms with Crippen LogP contribution in [0.5, 0.6) is 0 Å². The third-order valence-electron chi connectivity index (χ3n) is 5.17. The van der Waals surface area contributed by atoms with Crippen molar-refractivity contribution in [2.24, 2.45) is 0 Å². The summed E-state index contributed by atoms with van der Waals surface area (Å²) in [6.45, 7) is 2.88.